The first-order valence-corrected chi connectivity index (χ1v) is 13.0. The van der Waals surface area contributed by atoms with Crippen molar-refractivity contribution < 1.29 is 14.0 Å². The lowest BCUT2D eigenvalue weighted by Crippen LogP contribution is -2.48. The zero-order valence-electron chi connectivity index (χ0n) is 20.2. The van der Waals surface area contributed by atoms with E-state index < -0.39 is 6.17 Å². The van der Waals surface area contributed by atoms with Crippen molar-refractivity contribution in [3.05, 3.63) is 51.2 Å². The van der Waals surface area contributed by atoms with Crippen LogP contribution in [-0.2, 0) is 6.54 Å². The van der Waals surface area contributed by atoms with E-state index in [1.54, 1.807) is 28.0 Å². The molecule has 1 aromatic carbocycles. The zero-order chi connectivity index (χ0) is 25.7. The molecule has 3 heterocycles. The maximum Gasteiger partial charge on any atom is 0.267 e. The van der Waals surface area contributed by atoms with Crippen LogP contribution in [0, 0.1) is 11.3 Å². The summed E-state index contributed by atoms with van der Waals surface area (Å²) in [6.45, 7) is 6.38. The minimum Gasteiger partial charge on any atom is -0.338 e. The Kier molecular flexibility index (Phi) is 8.46. The van der Waals surface area contributed by atoms with Gasteiger partial charge in [0, 0.05) is 32.2 Å². The molecule has 1 atom stereocenters. The molecule has 8 nitrogen and oxygen atoms in total. The Morgan fingerprint density at radius 2 is 2.00 bits per heavy atom. The van der Waals surface area contributed by atoms with Crippen molar-refractivity contribution in [2.75, 3.05) is 32.8 Å². The van der Waals surface area contributed by atoms with Gasteiger partial charge in [-0.1, -0.05) is 18.2 Å². The fourth-order valence-corrected chi connectivity index (χ4v) is 5.78. The Hall–Kier alpha value is -3.13. The third-order valence-corrected chi connectivity index (χ3v) is 7.80. The van der Waals surface area contributed by atoms with Crippen LogP contribution in [0.3, 0.4) is 0 Å². The highest BCUT2D eigenvalue weighted by molar-refractivity contribution is 7.16. The molecule has 2 amide bonds. The number of nitrogens with two attached hydrogens (primary N) is 1. The molecule has 0 bridgehead atoms. The summed E-state index contributed by atoms with van der Waals surface area (Å²) in [5, 5.41) is 9.56. The lowest BCUT2D eigenvalue weighted by molar-refractivity contribution is 0.0561. The van der Waals surface area contributed by atoms with Gasteiger partial charge < -0.3 is 15.5 Å². The number of benzene rings is 1. The monoisotopic (exact) mass is 510 g/mol. The fraction of sp³-hybridized carbons (Fsp3) is 0.462. The Bertz CT molecular complexity index is 1150. The normalized spacial score (nSPS) is 19.0. The van der Waals surface area contributed by atoms with Gasteiger partial charge >= 0.3 is 0 Å². The van der Waals surface area contributed by atoms with Crippen LogP contribution in [0.15, 0.2) is 35.3 Å². The van der Waals surface area contributed by atoms with Crippen molar-refractivity contribution in [3.8, 4) is 6.07 Å². The van der Waals surface area contributed by atoms with Crippen LogP contribution in [0.1, 0.15) is 56.2 Å². The molecular formula is C26H31FN6O2S. The molecule has 2 aliphatic heterocycles. The van der Waals surface area contributed by atoms with Gasteiger partial charge in [-0.25, -0.2) is 4.39 Å². The van der Waals surface area contributed by atoms with Gasteiger partial charge in [0.25, 0.3) is 11.8 Å². The van der Waals surface area contributed by atoms with Crippen molar-refractivity contribution in [3.63, 3.8) is 0 Å². The zero-order valence-corrected chi connectivity index (χ0v) is 21.1. The van der Waals surface area contributed by atoms with E-state index in [1.807, 2.05) is 12.1 Å². The number of halogens is 1. The number of likely N-dealkylation sites (tertiary alicyclic amines) is 2. The predicted octanol–water partition coefficient (Wildman–Crippen LogP) is 3.55. The number of thiophene rings is 1. The summed E-state index contributed by atoms with van der Waals surface area (Å²) in [6, 6.07) is 11.0. The first-order chi connectivity index (χ1) is 17.4. The van der Waals surface area contributed by atoms with Crippen molar-refractivity contribution in [1.82, 2.24) is 14.7 Å². The molecule has 0 aliphatic carbocycles. The number of hydrogen-bond acceptors (Lipinski definition) is 7. The Morgan fingerprint density at radius 1 is 1.25 bits per heavy atom. The topological polar surface area (TPSA) is 106 Å². The largest absolute Gasteiger partial charge is 0.338 e. The predicted molar refractivity (Wildman–Crippen MR) is 138 cm³/mol. The van der Waals surface area contributed by atoms with Crippen molar-refractivity contribution in [1.29, 1.82) is 5.26 Å². The number of alkyl halides is 1. The number of hydrogen-bond donors (Lipinski definition) is 1. The summed E-state index contributed by atoms with van der Waals surface area (Å²) >= 11 is 1.09. The lowest BCUT2D eigenvalue weighted by Gasteiger charge is -2.35. The first kappa shape index (κ1) is 25.9. The quantitative estimate of drug-likeness (QED) is 0.574. The number of piperidine rings is 2. The number of nitriles is 1. The third kappa shape index (κ3) is 5.98. The van der Waals surface area contributed by atoms with E-state index in [-0.39, 0.29) is 24.4 Å². The molecule has 0 radical (unpaired) electrons. The minimum absolute atomic E-state index is 0.0481. The van der Waals surface area contributed by atoms with Gasteiger partial charge in [-0.05, 0) is 56.6 Å². The minimum atomic E-state index is -0.882. The summed E-state index contributed by atoms with van der Waals surface area (Å²) < 4.78 is 13.5. The summed E-state index contributed by atoms with van der Waals surface area (Å²) in [6.07, 6.45) is 1.65. The summed E-state index contributed by atoms with van der Waals surface area (Å²) in [5.41, 5.74) is 7.77. The second-order valence-electron chi connectivity index (χ2n) is 9.34. The highest BCUT2D eigenvalue weighted by atomic mass is 32.1. The molecule has 2 N–H and O–H groups in total. The molecule has 2 aliphatic rings. The molecule has 190 valence electrons. The highest BCUT2D eigenvalue weighted by Crippen LogP contribution is 2.33. The number of rotatable bonds is 7. The number of nitrogens with zero attached hydrogens (tertiary/aromatic N) is 5. The van der Waals surface area contributed by atoms with Gasteiger partial charge in [0.15, 0.2) is 0 Å². The van der Waals surface area contributed by atoms with E-state index in [9.17, 15) is 19.2 Å². The van der Waals surface area contributed by atoms with E-state index in [2.05, 4.69) is 22.7 Å². The molecule has 0 spiro atoms. The second kappa shape index (κ2) is 11.7. The van der Waals surface area contributed by atoms with Gasteiger partial charge in [0.05, 0.1) is 28.9 Å². The standard InChI is InChI=1S/C26H31FN6O2S/c1-30-22-13-23(25(34)32-11-8-20(27)9-12-32)36-24(22)26(35)33(17-31-10-4-7-21(29)16-31)15-19-6-3-2-5-18(19)14-28/h2-3,5-6,13,20-21H,1,4,7-12,15-17,29H2/t21-/m1/s1. The van der Waals surface area contributed by atoms with E-state index in [0.717, 1.165) is 36.3 Å². The van der Waals surface area contributed by atoms with E-state index in [1.165, 1.54) is 0 Å². The second-order valence-corrected chi connectivity index (χ2v) is 10.4. The molecular weight excluding hydrogens is 479 g/mol. The number of carbonyl (C=O) groups is 2. The van der Waals surface area contributed by atoms with E-state index >= 15 is 0 Å². The van der Waals surface area contributed by atoms with Gasteiger partial charge in [-0.2, -0.15) is 5.26 Å². The molecule has 2 fully saturated rings. The van der Waals surface area contributed by atoms with Crippen molar-refractivity contribution in [2.45, 2.75) is 44.4 Å². The molecule has 4 rings (SSSR count). The van der Waals surface area contributed by atoms with Crippen LogP contribution in [0.4, 0.5) is 10.1 Å². The van der Waals surface area contributed by atoms with Crippen LogP contribution in [0.25, 0.3) is 0 Å². The molecule has 0 saturated carbocycles. The molecule has 0 unspecified atom stereocenters. The maximum atomic E-state index is 13.9. The maximum absolute atomic E-state index is 13.9. The SMILES string of the molecule is C=Nc1cc(C(=O)N2CCC(F)CC2)sc1C(=O)N(Cc1ccccc1C#N)CN1CCC[C@@H](N)C1. The Labute approximate surface area is 214 Å². The van der Waals surface area contributed by atoms with E-state index in [0.29, 0.717) is 60.1 Å². The van der Waals surface area contributed by atoms with E-state index in [4.69, 9.17) is 5.73 Å². The fourth-order valence-electron chi connectivity index (χ4n) is 4.73. The van der Waals surface area contributed by atoms with Crippen LogP contribution in [0.2, 0.25) is 0 Å². The molecule has 10 heteroatoms. The first-order valence-electron chi connectivity index (χ1n) is 12.2. The molecule has 2 saturated heterocycles. The summed E-state index contributed by atoms with van der Waals surface area (Å²) in [5.74, 6) is -0.505. The number of aliphatic imine (C=N–C) groups is 1. The highest BCUT2D eigenvalue weighted by Gasteiger charge is 2.30. The van der Waals surface area contributed by atoms with Crippen LogP contribution >= 0.6 is 11.3 Å². The van der Waals surface area contributed by atoms with Crippen molar-refractivity contribution >= 4 is 35.6 Å². The average molecular weight is 511 g/mol. The van der Waals surface area contributed by atoms with Gasteiger partial charge in [-0.3, -0.25) is 19.5 Å². The Morgan fingerprint density at radius 3 is 2.69 bits per heavy atom. The number of carbonyl (C=O) groups excluding carboxylic acids is 2. The third-order valence-electron chi connectivity index (χ3n) is 6.70. The Balaban J connectivity index is 1.61. The van der Waals surface area contributed by atoms with Gasteiger partial charge in [0.1, 0.15) is 11.0 Å². The van der Waals surface area contributed by atoms with Crippen LogP contribution < -0.4 is 5.73 Å². The van der Waals surface area contributed by atoms with Gasteiger partial charge in [-0.15, -0.1) is 11.3 Å². The van der Waals surface area contributed by atoms with Crippen LogP contribution in [-0.4, -0.2) is 78.3 Å². The smallest absolute Gasteiger partial charge is 0.267 e. The number of amides is 2. The lowest BCUT2D eigenvalue weighted by atomic mass is 10.1. The molecule has 36 heavy (non-hydrogen) atoms. The van der Waals surface area contributed by atoms with Crippen molar-refractivity contribution in [2.24, 2.45) is 10.7 Å². The average Bonchev–Trinajstić information content (AvgIpc) is 3.33. The van der Waals surface area contributed by atoms with Gasteiger partial charge in [0.2, 0.25) is 0 Å². The summed E-state index contributed by atoms with van der Waals surface area (Å²) in [7, 11) is 0. The molecule has 2 aromatic rings. The van der Waals surface area contributed by atoms with Crippen LogP contribution in [0.5, 0.6) is 0 Å². The molecule has 1 aromatic heterocycles. The summed E-state index contributed by atoms with van der Waals surface area (Å²) in [4.78, 5) is 37.1.